The molecule has 0 spiro atoms. The van der Waals surface area contributed by atoms with Crippen LogP contribution in [-0.4, -0.2) is 18.3 Å². The number of nitrogens with one attached hydrogen (secondary N) is 1. The molecule has 0 bridgehead atoms. The third-order valence-corrected chi connectivity index (χ3v) is 3.75. The highest BCUT2D eigenvalue weighted by atomic mass is 16.5. The van der Waals surface area contributed by atoms with Gasteiger partial charge in [0, 0.05) is 13.2 Å². The van der Waals surface area contributed by atoms with Crippen molar-refractivity contribution in [1.29, 1.82) is 0 Å². The number of benzene rings is 2. The van der Waals surface area contributed by atoms with Gasteiger partial charge in [0.1, 0.15) is 12.4 Å². The molecule has 0 aliphatic rings. The van der Waals surface area contributed by atoms with Gasteiger partial charge in [-0.2, -0.15) is 0 Å². The van der Waals surface area contributed by atoms with Crippen LogP contribution in [0.25, 0.3) is 0 Å². The molecule has 2 aromatic rings. The second-order valence-corrected chi connectivity index (χ2v) is 5.88. The summed E-state index contributed by atoms with van der Waals surface area (Å²) in [6, 6.07) is 16.6. The van der Waals surface area contributed by atoms with E-state index in [4.69, 9.17) is 9.84 Å². The van der Waals surface area contributed by atoms with Crippen molar-refractivity contribution in [2.24, 2.45) is 0 Å². The van der Waals surface area contributed by atoms with Gasteiger partial charge in [0.05, 0.1) is 0 Å². The van der Waals surface area contributed by atoms with Gasteiger partial charge in [-0.3, -0.25) is 0 Å². The summed E-state index contributed by atoms with van der Waals surface area (Å²) in [4.78, 5) is 0. The molecular weight excluding hydrogens is 286 g/mol. The van der Waals surface area contributed by atoms with E-state index in [1.165, 1.54) is 16.7 Å². The molecule has 0 aliphatic carbocycles. The van der Waals surface area contributed by atoms with Crippen molar-refractivity contribution in [3.05, 3.63) is 65.2 Å². The van der Waals surface area contributed by atoms with Crippen LogP contribution in [0.5, 0.6) is 5.75 Å². The van der Waals surface area contributed by atoms with Crippen LogP contribution in [0.2, 0.25) is 0 Å². The minimum atomic E-state index is 0.296. The van der Waals surface area contributed by atoms with Gasteiger partial charge < -0.3 is 15.2 Å². The third kappa shape index (κ3) is 6.85. The number of aliphatic hydroxyl groups is 1. The van der Waals surface area contributed by atoms with E-state index in [1.54, 1.807) is 0 Å². The number of hydrogen-bond donors (Lipinski definition) is 2. The van der Waals surface area contributed by atoms with E-state index in [9.17, 15) is 0 Å². The molecule has 2 N–H and O–H groups in total. The summed E-state index contributed by atoms with van der Waals surface area (Å²) in [5.74, 6) is 0.901. The van der Waals surface area contributed by atoms with Gasteiger partial charge in [0.2, 0.25) is 0 Å². The Morgan fingerprint density at radius 1 is 0.957 bits per heavy atom. The third-order valence-electron chi connectivity index (χ3n) is 3.75. The zero-order valence-electron chi connectivity index (χ0n) is 13.9. The van der Waals surface area contributed by atoms with E-state index in [0.29, 0.717) is 13.2 Å². The Labute approximate surface area is 139 Å². The summed E-state index contributed by atoms with van der Waals surface area (Å²) in [5, 5.41) is 12.1. The lowest BCUT2D eigenvalue weighted by Crippen LogP contribution is -2.14. The van der Waals surface area contributed by atoms with Gasteiger partial charge in [-0.05, 0) is 56.0 Å². The van der Waals surface area contributed by atoms with Crippen LogP contribution >= 0.6 is 0 Å². The van der Waals surface area contributed by atoms with E-state index >= 15 is 0 Å². The van der Waals surface area contributed by atoms with E-state index in [0.717, 1.165) is 38.1 Å². The molecule has 0 amide bonds. The van der Waals surface area contributed by atoms with Gasteiger partial charge in [0.25, 0.3) is 0 Å². The molecule has 0 saturated heterocycles. The predicted octanol–water partition coefficient (Wildman–Crippen LogP) is 3.83. The minimum Gasteiger partial charge on any atom is -0.489 e. The number of rotatable bonds is 10. The van der Waals surface area contributed by atoms with Crippen LogP contribution < -0.4 is 10.1 Å². The van der Waals surface area contributed by atoms with Crippen molar-refractivity contribution in [2.45, 2.75) is 39.3 Å². The molecule has 0 aliphatic heterocycles. The molecular formula is C20H27NO2. The molecule has 2 rings (SSSR count). The number of aryl methyl sites for hydroxylation is 1. The van der Waals surface area contributed by atoms with E-state index < -0.39 is 0 Å². The van der Waals surface area contributed by atoms with Crippen LogP contribution in [0.1, 0.15) is 36.0 Å². The molecule has 0 aromatic heterocycles. The molecule has 0 radical (unpaired) electrons. The van der Waals surface area contributed by atoms with Crippen LogP contribution in [-0.2, 0) is 13.2 Å². The molecule has 124 valence electrons. The maximum Gasteiger partial charge on any atom is 0.119 e. The van der Waals surface area contributed by atoms with E-state index in [-0.39, 0.29) is 0 Å². The molecule has 23 heavy (non-hydrogen) atoms. The summed E-state index contributed by atoms with van der Waals surface area (Å²) in [6.45, 7) is 4.85. The summed E-state index contributed by atoms with van der Waals surface area (Å²) in [5.41, 5.74) is 3.71. The number of aliphatic hydroxyl groups excluding tert-OH is 1. The first-order valence-corrected chi connectivity index (χ1v) is 8.37. The normalized spacial score (nSPS) is 10.7. The molecule has 3 nitrogen and oxygen atoms in total. The van der Waals surface area contributed by atoms with E-state index in [1.807, 2.05) is 12.1 Å². The first-order chi connectivity index (χ1) is 11.3. The zero-order valence-corrected chi connectivity index (χ0v) is 13.9. The summed E-state index contributed by atoms with van der Waals surface area (Å²) in [7, 11) is 0. The highest BCUT2D eigenvalue weighted by molar-refractivity contribution is 5.28. The molecule has 0 atom stereocenters. The molecule has 3 heteroatoms. The average Bonchev–Trinajstić information content (AvgIpc) is 2.57. The Hall–Kier alpha value is -1.84. The Bertz CT molecular complexity index is 566. The predicted molar refractivity (Wildman–Crippen MR) is 94.6 cm³/mol. The standard InChI is InChI=1S/C20H27NO2/c1-17-6-5-7-19(14-17)16-23-20-10-8-18(9-11-20)15-21-12-3-2-4-13-22/h5-11,14,21-22H,2-4,12-13,15-16H2,1H3. The number of unbranched alkanes of at least 4 members (excludes halogenated alkanes) is 2. The maximum absolute atomic E-state index is 8.72. The first-order valence-electron chi connectivity index (χ1n) is 8.37. The van der Waals surface area contributed by atoms with Crippen LogP contribution in [0, 0.1) is 6.92 Å². The molecule has 0 saturated carbocycles. The van der Waals surface area contributed by atoms with Crippen LogP contribution in [0.15, 0.2) is 48.5 Å². The smallest absolute Gasteiger partial charge is 0.119 e. The number of hydrogen-bond acceptors (Lipinski definition) is 3. The lowest BCUT2D eigenvalue weighted by Gasteiger charge is -2.09. The van der Waals surface area contributed by atoms with Crippen molar-refractivity contribution in [1.82, 2.24) is 5.32 Å². The van der Waals surface area contributed by atoms with Gasteiger partial charge in [-0.1, -0.05) is 42.0 Å². The summed E-state index contributed by atoms with van der Waals surface area (Å²) < 4.78 is 5.83. The highest BCUT2D eigenvalue weighted by Gasteiger charge is 1.98. The van der Waals surface area contributed by atoms with Crippen molar-refractivity contribution in [3.63, 3.8) is 0 Å². The topological polar surface area (TPSA) is 41.5 Å². The van der Waals surface area contributed by atoms with Crippen molar-refractivity contribution in [2.75, 3.05) is 13.2 Å². The van der Waals surface area contributed by atoms with Crippen LogP contribution in [0.4, 0.5) is 0 Å². The van der Waals surface area contributed by atoms with Crippen molar-refractivity contribution in [3.8, 4) is 5.75 Å². The Morgan fingerprint density at radius 2 is 1.78 bits per heavy atom. The minimum absolute atomic E-state index is 0.296. The van der Waals surface area contributed by atoms with E-state index in [2.05, 4.69) is 48.6 Å². The average molecular weight is 313 g/mol. The fourth-order valence-electron chi connectivity index (χ4n) is 2.44. The van der Waals surface area contributed by atoms with Crippen LogP contribution in [0.3, 0.4) is 0 Å². The summed E-state index contributed by atoms with van der Waals surface area (Å²) in [6.07, 6.45) is 3.09. The quantitative estimate of drug-likeness (QED) is 0.655. The lowest BCUT2D eigenvalue weighted by atomic mass is 10.1. The SMILES string of the molecule is Cc1cccc(COc2ccc(CNCCCCCO)cc2)c1. The zero-order chi connectivity index (χ0) is 16.3. The fraction of sp³-hybridized carbons (Fsp3) is 0.400. The highest BCUT2D eigenvalue weighted by Crippen LogP contribution is 2.14. The molecule has 0 heterocycles. The Kier molecular flexibility index (Phi) is 7.64. The largest absolute Gasteiger partial charge is 0.489 e. The maximum atomic E-state index is 8.72. The number of ether oxygens (including phenoxy) is 1. The Morgan fingerprint density at radius 3 is 2.52 bits per heavy atom. The van der Waals surface area contributed by atoms with Gasteiger partial charge >= 0.3 is 0 Å². The van der Waals surface area contributed by atoms with Gasteiger partial charge in [-0.25, -0.2) is 0 Å². The van der Waals surface area contributed by atoms with Crippen molar-refractivity contribution >= 4 is 0 Å². The molecule has 0 fully saturated rings. The van der Waals surface area contributed by atoms with Gasteiger partial charge in [-0.15, -0.1) is 0 Å². The van der Waals surface area contributed by atoms with Gasteiger partial charge in [0.15, 0.2) is 0 Å². The molecule has 0 unspecified atom stereocenters. The lowest BCUT2D eigenvalue weighted by molar-refractivity contribution is 0.283. The fourth-order valence-corrected chi connectivity index (χ4v) is 2.44. The second-order valence-electron chi connectivity index (χ2n) is 5.88. The summed E-state index contributed by atoms with van der Waals surface area (Å²) >= 11 is 0. The van der Waals surface area contributed by atoms with Crippen molar-refractivity contribution < 1.29 is 9.84 Å². The second kappa shape index (κ2) is 10.0. The first kappa shape index (κ1) is 17.5. The monoisotopic (exact) mass is 313 g/mol. The Balaban J connectivity index is 1.70. The molecule has 2 aromatic carbocycles.